The van der Waals surface area contributed by atoms with Crippen molar-refractivity contribution in [2.45, 2.75) is 19.9 Å². The molecule has 3 heteroatoms. The highest BCUT2D eigenvalue weighted by Gasteiger charge is 2.15. The zero-order chi connectivity index (χ0) is 10.1. The normalized spacial score (nSPS) is 13.1. The fourth-order valence-electron chi connectivity index (χ4n) is 1.58. The number of rotatable bonds is 2. The predicted octanol–water partition coefficient (Wildman–Crippen LogP) is 3.01. The molecule has 0 saturated carbocycles. The molecule has 0 aromatic carbocycles. The molecule has 1 atom stereocenters. The molecule has 0 aliphatic heterocycles. The van der Waals surface area contributed by atoms with Gasteiger partial charge in [-0.25, -0.2) is 0 Å². The van der Waals surface area contributed by atoms with Gasteiger partial charge in [0.15, 0.2) is 0 Å². The van der Waals surface area contributed by atoms with Crippen LogP contribution in [0.1, 0.15) is 27.1 Å². The van der Waals surface area contributed by atoms with E-state index < -0.39 is 0 Å². The summed E-state index contributed by atoms with van der Waals surface area (Å²) in [6.45, 7) is 4.19. The third-order valence-corrected chi connectivity index (χ3v) is 3.25. The highest BCUT2D eigenvalue weighted by Crippen LogP contribution is 2.28. The molecule has 2 rings (SSSR count). The van der Waals surface area contributed by atoms with Gasteiger partial charge in [-0.15, -0.1) is 11.3 Å². The van der Waals surface area contributed by atoms with E-state index in [9.17, 15) is 0 Å². The summed E-state index contributed by atoms with van der Waals surface area (Å²) in [6.07, 6.45) is 1.66. The SMILES string of the molecule is Cc1cc(C(N)c2ccco2)c(C)s1. The molecule has 0 aliphatic carbocycles. The zero-order valence-corrected chi connectivity index (χ0v) is 9.10. The third-order valence-electron chi connectivity index (χ3n) is 2.26. The molecule has 0 amide bonds. The van der Waals surface area contributed by atoms with Crippen LogP contribution in [0.2, 0.25) is 0 Å². The van der Waals surface area contributed by atoms with Crippen LogP contribution in [0.3, 0.4) is 0 Å². The lowest BCUT2D eigenvalue weighted by atomic mass is 10.1. The quantitative estimate of drug-likeness (QED) is 0.822. The van der Waals surface area contributed by atoms with E-state index in [1.807, 2.05) is 12.1 Å². The number of hydrogen-bond donors (Lipinski definition) is 1. The highest BCUT2D eigenvalue weighted by molar-refractivity contribution is 7.12. The smallest absolute Gasteiger partial charge is 0.125 e. The van der Waals surface area contributed by atoms with Gasteiger partial charge in [0.2, 0.25) is 0 Å². The highest BCUT2D eigenvalue weighted by atomic mass is 32.1. The number of nitrogens with two attached hydrogens (primary N) is 1. The summed E-state index contributed by atoms with van der Waals surface area (Å²) in [5, 5.41) is 0. The van der Waals surface area contributed by atoms with Gasteiger partial charge in [-0.1, -0.05) is 0 Å². The summed E-state index contributed by atoms with van der Waals surface area (Å²) in [5.41, 5.74) is 7.26. The van der Waals surface area contributed by atoms with Crippen molar-refractivity contribution < 1.29 is 4.42 Å². The van der Waals surface area contributed by atoms with Crippen molar-refractivity contribution in [1.29, 1.82) is 0 Å². The van der Waals surface area contributed by atoms with Crippen LogP contribution in [0, 0.1) is 13.8 Å². The van der Waals surface area contributed by atoms with Crippen LogP contribution in [-0.4, -0.2) is 0 Å². The van der Waals surface area contributed by atoms with Crippen LogP contribution in [0.4, 0.5) is 0 Å². The van der Waals surface area contributed by atoms with Crippen LogP contribution in [0.15, 0.2) is 28.9 Å². The molecule has 1 unspecified atom stereocenters. The van der Waals surface area contributed by atoms with E-state index in [-0.39, 0.29) is 6.04 Å². The third kappa shape index (κ3) is 1.61. The van der Waals surface area contributed by atoms with Gasteiger partial charge < -0.3 is 10.2 Å². The molecule has 2 nitrogen and oxygen atoms in total. The molecule has 0 fully saturated rings. The minimum atomic E-state index is -0.130. The first kappa shape index (κ1) is 9.49. The Bertz CT molecular complexity index is 416. The van der Waals surface area contributed by atoms with Crippen molar-refractivity contribution in [1.82, 2.24) is 0 Å². The van der Waals surface area contributed by atoms with Gasteiger partial charge in [0.25, 0.3) is 0 Å². The molecule has 2 heterocycles. The van der Waals surface area contributed by atoms with Gasteiger partial charge in [-0.3, -0.25) is 0 Å². The monoisotopic (exact) mass is 207 g/mol. The van der Waals surface area contributed by atoms with Gasteiger partial charge in [0, 0.05) is 9.75 Å². The topological polar surface area (TPSA) is 39.2 Å². The van der Waals surface area contributed by atoms with Gasteiger partial charge in [-0.2, -0.15) is 0 Å². The summed E-state index contributed by atoms with van der Waals surface area (Å²) in [4.78, 5) is 2.56. The molecule has 0 saturated heterocycles. The number of hydrogen-bond acceptors (Lipinski definition) is 3. The van der Waals surface area contributed by atoms with Crippen molar-refractivity contribution in [2.75, 3.05) is 0 Å². The first-order valence-corrected chi connectivity index (χ1v) is 5.36. The van der Waals surface area contributed by atoms with E-state index in [2.05, 4.69) is 19.9 Å². The number of aryl methyl sites for hydroxylation is 2. The lowest BCUT2D eigenvalue weighted by Crippen LogP contribution is -2.10. The number of thiophene rings is 1. The second kappa shape index (κ2) is 3.59. The maximum absolute atomic E-state index is 6.09. The summed E-state index contributed by atoms with van der Waals surface area (Å²) in [5.74, 6) is 0.825. The Hall–Kier alpha value is -1.06. The Morgan fingerprint density at radius 1 is 1.43 bits per heavy atom. The number of furan rings is 1. The standard InChI is InChI=1S/C11H13NOS/c1-7-6-9(8(2)14-7)11(12)10-4-3-5-13-10/h3-6,11H,12H2,1-2H3. The molecule has 2 N–H and O–H groups in total. The van der Waals surface area contributed by atoms with Crippen molar-refractivity contribution in [3.05, 3.63) is 45.5 Å². The second-order valence-electron chi connectivity index (χ2n) is 3.36. The van der Waals surface area contributed by atoms with Crippen LogP contribution in [0.5, 0.6) is 0 Å². The van der Waals surface area contributed by atoms with Crippen LogP contribution < -0.4 is 5.73 Å². The van der Waals surface area contributed by atoms with Crippen LogP contribution in [-0.2, 0) is 0 Å². The van der Waals surface area contributed by atoms with E-state index in [0.29, 0.717) is 0 Å². The molecule has 74 valence electrons. The first-order chi connectivity index (χ1) is 6.68. The fourth-order valence-corrected chi connectivity index (χ4v) is 2.55. The molecule has 0 spiro atoms. The maximum atomic E-state index is 6.09. The lowest BCUT2D eigenvalue weighted by Gasteiger charge is -2.07. The molecule has 0 radical (unpaired) electrons. The summed E-state index contributed by atoms with van der Waals surface area (Å²) >= 11 is 1.77. The summed E-state index contributed by atoms with van der Waals surface area (Å²) < 4.78 is 5.29. The largest absolute Gasteiger partial charge is 0.467 e. The van der Waals surface area contributed by atoms with Crippen molar-refractivity contribution in [3.63, 3.8) is 0 Å². The van der Waals surface area contributed by atoms with Crippen molar-refractivity contribution in [2.24, 2.45) is 5.73 Å². The predicted molar refractivity (Wildman–Crippen MR) is 58.5 cm³/mol. The Balaban J connectivity index is 2.36. The van der Waals surface area contributed by atoms with E-state index in [0.717, 1.165) is 5.76 Å². The van der Waals surface area contributed by atoms with Gasteiger partial charge in [-0.05, 0) is 37.6 Å². The van der Waals surface area contributed by atoms with Gasteiger partial charge in [0.1, 0.15) is 5.76 Å². The maximum Gasteiger partial charge on any atom is 0.125 e. The van der Waals surface area contributed by atoms with Crippen LogP contribution >= 0.6 is 11.3 Å². The van der Waals surface area contributed by atoms with E-state index >= 15 is 0 Å². The Morgan fingerprint density at radius 3 is 2.71 bits per heavy atom. The molecular weight excluding hydrogens is 194 g/mol. The molecule has 0 aliphatic rings. The molecule has 14 heavy (non-hydrogen) atoms. The van der Waals surface area contributed by atoms with Crippen LogP contribution in [0.25, 0.3) is 0 Å². The lowest BCUT2D eigenvalue weighted by molar-refractivity contribution is 0.489. The van der Waals surface area contributed by atoms with E-state index in [4.69, 9.17) is 10.2 Å². The zero-order valence-electron chi connectivity index (χ0n) is 8.28. The molecular formula is C11H13NOS. The Labute approximate surface area is 87.4 Å². The average Bonchev–Trinajstić information content (AvgIpc) is 2.73. The Morgan fingerprint density at radius 2 is 2.21 bits per heavy atom. The Kier molecular flexibility index (Phi) is 2.44. The molecule has 0 bridgehead atoms. The second-order valence-corrected chi connectivity index (χ2v) is 4.82. The minimum absolute atomic E-state index is 0.130. The average molecular weight is 207 g/mol. The minimum Gasteiger partial charge on any atom is -0.467 e. The van der Waals surface area contributed by atoms with E-state index in [1.54, 1.807) is 17.6 Å². The van der Waals surface area contributed by atoms with Crippen molar-refractivity contribution in [3.8, 4) is 0 Å². The summed E-state index contributed by atoms with van der Waals surface area (Å²) in [6, 6.07) is 5.78. The summed E-state index contributed by atoms with van der Waals surface area (Å²) in [7, 11) is 0. The molecule has 2 aromatic rings. The first-order valence-electron chi connectivity index (χ1n) is 4.54. The van der Waals surface area contributed by atoms with Gasteiger partial charge in [0.05, 0.1) is 12.3 Å². The van der Waals surface area contributed by atoms with Gasteiger partial charge >= 0.3 is 0 Å². The fraction of sp³-hybridized carbons (Fsp3) is 0.273. The molecule has 2 aromatic heterocycles. The van der Waals surface area contributed by atoms with Crippen molar-refractivity contribution >= 4 is 11.3 Å². The van der Waals surface area contributed by atoms with E-state index in [1.165, 1.54) is 15.3 Å².